The molecule has 0 amide bonds. The van der Waals surface area contributed by atoms with E-state index in [1.165, 1.54) is 57.4 Å². The van der Waals surface area contributed by atoms with Crippen LogP contribution in [-0.4, -0.2) is 75.4 Å². The molecule has 0 aromatic rings. The van der Waals surface area contributed by atoms with E-state index in [0.717, 1.165) is 128 Å². The maximum Gasteiger partial charge on any atom is 0.330 e. The maximum atomic E-state index is 13.4. The highest BCUT2D eigenvalue weighted by Crippen LogP contribution is 2.40. The van der Waals surface area contributed by atoms with E-state index in [2.05, 4.69) is 19.6 Å². The summed E-state index contributed by atoms with van der Waals surface area (Å²) < 4.78 is 35.7. The average Bonchev–Trinajstić information content (AvgIpc) is 3.27. The van der Waals surface area contributed by atoms with Crippen molar-refractivity contribution in [2.45, 2.75) is 211 Å². The van der Waals surface area contributed by atoms with Gasteiger partial charge in [-0.2, -0.15) is 5.26 Å². The lowest BCUT2D eigenvalue weighted by molar-refractivity contribution is -0.170. The van der Waals surface area contributed by atoms with Crippen molar-refractivity contribution in [1.82, 2.24) is 0 Å². The van der Waals surface area contributed by atoms with Crippen LogP contribution in [-0.2, 0) is 42.8 Å². The lowest BCUT2D eigenvalue weighted by Crippen LogP contribution is -2.42. The third-order valence-corrected chi connectivity index (χ3v) is 13.7. The first-order valence-corrected chi connectivity index (χ1v) is 24.3. The van der Waals surface area contributed by atoms with Gasteiger partial charge in [-0.05, 0) is 140 Å². The molecule has 0 bridgehead atoms. The molecule has 0 saturated heterocycles. The summed E-state index contributed by atoms with van der Waals surface area (Å²) in [6.07, 6.45) is 29.4. The minimum absolute atomic E-state index is 0.123. The van der Waals surface area contributed by atoms with Crippen molar-refractivity contribution in [2.24, 2.45) is 29.6 Å². The van der Waals surface area contributed by atoms with E-state index < -0.39 is 5.92 Å². The van der Waals surface area contributed by atoms with Gasteiger partial charge in [0.15, 0.2) is 0 Å². The van der Waals surface area contributed by atoms with Crippen LogP contribution in [0.25, 0.3) is 0 Å². The van der Waals surface area contributed by atoms with E-state index in [9.17, 15) is 19.6 Å². The van der Waals surface area contributed by atoms with Gasteiger partial charge in [0.2, 0.25) is 0 Å². The third-order valence-electron chi connectivity index (χ3n) is 13.7. The molecule has 0 heterocycles. The molecular weight excluding hydrogens is 747 g/mol. The van der Waals surface area contributed by atoms with Crippen molar-refractivity contribution in [2.75, 3.05) is 33.0 Å². The fourth-order valence-electron chi connectivity index (χ4n) is 9.90. The molecule has 4 aliphatic carbocycles. The van der Waals surface area contributed by atoms with E-state index in [1.807, 2.05) is 0 Å². The zero-order valence-electron chi connectivity index (χ0n) is 36.9. The molecule has 0 aromatic carbocycles. The summed E-state index contributed by atoms with van der Waals surface area (Å²) in [5, 5.41) is 9.21. The Kier molecular flexibility index (Phi) is 24.8. The third kappa shape index (κ3) is 19.4. The fourth-order valence-corrected chi connectivity index (χ4v) is 9.90. The van der Waals surface area contributed by atoms with Crippen LogP contribution in [0.2, 0.25) is 0 Å². The van der Waals surface area contributed by atoms with Gasteiger partial charge >= 0.3 is 17.9 Å². The van der Waals surface area contributed by atoms with Crippen LogP contribution in [0, 0.1) is 40.9 Å². The summed E-state index contributed by atoms with van der Waals surface area (Å²) in [5.41, 5.74) is 0. The Labute approximate surface area is 357 Å². The molecule has 0 radical (unpaired) electrons. The number of carbonyl (C=O) groups excluding carboxylic acids is 3. The predicted molar refractivity (Wildman–Crippen MR) is 229 cm³/mol. The van der Waals surface area contributed by atoms with Gasteiger partial charge < -0.3 is 28.4 Å². The second-order valence-electron chi connectivity index (χ2n) is 18.2. The average molecular weight is 828 g/mol. The molecule has 336 valence electrons. The van der Waals surface area contributed by atoms with Crippen molar-refractivity contribution >= 4 is 17.9 Å². The van der Waals surface area contributed by atoms with Crippen LogP contribution in [0.5, 0.6) is 0 Å². The van der Waals surface area contributed by atoms with E-state index in [1.54, 1.807) is 0 Å². The maximum absolute atomic E-state index is 13.4. The molecule has 59 heavy (non-hydrogen) atoms. The number of hydrogen-bond donors (Lipinski definition) is 0. The molecule has 4 saturated carbocycles. The van der Waals surface area contributed by atoms with E-state index in [4.69, 9.17) is 28.4 Å². The number of hydrogen-bond acceptors (Lipinski definition) is 10. The Bertz CT molecular complexity index is 1210. The lowest BCUT2D eigenvalue weighted by Gasteiger charge is -2.36. The van der Waals surface area contributed by atoms with Crippen molar-refractivity contribution < 1.29 is 42.8 Å². The molecule has 4 rings (SSSR count). The molecule has 0 spiro atoms. The van der Waals surface area contributed by atoms with Gasteiger partial charge in [0.25, 0.3) is 0 Å². The van der Waals surface area contributed by atoms with Crippen LogP contribution >= 0.6 is 0 Å². The number of rotatable bonds is 28. The Morgan fingerprint density at radius 1 is 0.559 bits per heavy atom. The van der Waals surface area contributed by atoms with Crippen molar-refractivity contribution in [3.8, 4) is 6.07 Å². The number of unbranched alkanes of at least 4 members (excludes halogenated alkanes) is 10. The Morgan fingerprint density at radius 3 is 1.61 bits per heavy atom. The number of esters is 3. The minimum Gasteiger partial charge on any atom is -0.465 e. The smallest absolute Gasteiger partial charge is 0.330 e. The largest absolute Gasteiger partial charge is 0.465 e. The van der Waals surface area contributed by atoms with Gasteiger partial charge in [-0.3, -0.25) is 9.59 Å². The number of nitrogens with zero attached hydrogens (tertiary/aromatic N) is 1. The van der Waals surface area contributed by atoms with Gasteiger partial charge in [0.05, 0.1) is 49.4 Å². The topological polar surface area (TPSA) is 130 Å². The minimum atomic E-state index is -0.417. The molecule has 0 aromatic heterocycles. The molecule has 0 N–H and O–H groups in total. The molecule has 10 nitrogen and oxygen atoms in total. The van der Waals surface area contributed by atoms with Crippen LogP contribution in [0.15, 0.2) is 12.7 Å². The molecular formula is C49H81NO9. The first kappa shape index (κ1) is 49.2. The molecule has 3 unspecified atom stereocenters. The molecule has 0 aliphatic heterocycles. The highest BCUT2D eigenvalue weighted by molar-refractivity contribution is 5.81. The predicted octanol–water partition coefficient (Wildman–Crippen LogP) is 10.9. The number of ether oxygens (including phenoxy) is 6. The van der Waals surface area contributed by atoms with Crippen molar-refractivity contribution in [3.63, 3.8) is 0 Å². The second kappa shape index (κ2) is 29.7. The quantitative estimate of drug-likeness (QED) is 0.0325. The SMILES string of the molecule is C=CC(=O)OCCCCCCOC1CCC(C(=O)OC2CCC(OCCCCCCOC3CCC(C4CCC(C#N)CC4)CC3)C(C(=O)OCCCCCCC)C2)CC1. The zero-order valence-corrected chi connectivity index (χ0v) is 36.9. The Hall–Kier alpha value is -2.48. The summed E-state index contributed by atoms with van der Waals surface area (Å²) in [6, 6.07) is 2.47. The van der Waals surface area contributed by atoms with Crippen molar-refractivity contribution in [3.05, 3.63) is 12.7 Å². The lowest BCUT2D eigenvalue weighted by atomic mass is 9.71. The first-order valence-electron chi connectivity index (χ1n) is 24.3. The van der Waals surface area contributed by atoms with Crippen LogP contribution in [0.4, 0.5) is 0 Å². The summed E-state index contributed by atoms with van der Waals surface area (Å²) >= 11 is 0. The van der Waals surface area contributed by atoms with E-state index in [0.29, 0.717) is 57.7 Å². The van der Waals surface area contributed by atoms with Crippen LogP contribution in [0.1, 0.15) is 187 Å². The highest BCUT2D eigenvalue weighted by Gasteiger charge is 2.40. The molecule has 3 atom stereocenters. The Morgan fingerprint density at radius 2 is 1.05 bits per heavy atom. The summed E-state index contributed by atoms with van der Waals surface area (Å²) in [7, 11) is 0. The fraction of sp³-hybridized carbons (Fsp3) is 0.878. The standard InChI is InChI=1S/C49H81NO9/c1-3-5-6-7-16-35-58-49(53)45-36-44(59-48(52)41-23-27-43(28-24-41)55-32-13-9-11-15-34-57-47(51)4-2)29-30-46(45)56-33-14-10-8-12-31-54-42-25-21-40(22-26-42)39-19-17-38(37-50)18-20-39/h4,38-46H,2-3,5-36H2,1H3. The summed E-state index contributed by atoms with van der Waals surface area (Å²) in [5.74, 6) is 0.679. The van der Waals surface area contributed by atoms with Gasteiger partial charge in [-0.15, -0.1) is 0 Å². The highest BCUT2D eigenvalue weighted by atomic mass is 16.6. The molecule has 4 fully saturated rings. The van der Waals surface area contributed by atoms with E-state index >= 15 is 0 Å². The van der Waals surface area contributed by atoms with Gasteiger partial charge in [0.1, 0.15) is 6.10 Å². The molecule has 10 heteroatoms. The molecule has 4 aliphatic rings. The summed E-state index contributed by atoms with van der Waals surface area (Å²) in [6.45, 7) is 8.62. The van der Waals surface area contributed by atoms with Crippen LogP contribution < -0.4 is 0 Å². The van der Waals surface area contributed by atoms with Gasteiger partial charge in [-0.1, -0.05) is 58.4 Å². The van der Waals surface area contributed by atoms with Gasteiger partial charge in [0, 0.05) is 38.2 Å². The van der Waals surface area contributed by atoms with Gasteiger partial charge in [-0.25, -0.2) is 4.79 Å². The summed E-state index contributed by atoms with van der Waals surface area (Å²) in [4.78, 5) is 37.9. The monoisotopic (exact) mass is 828 g/mol. The number of carbonyl (C=O) groups is 3. The van der Waals surface area contributed by atoms with E-state index in [-0.39, 0.29) is 42.1 Å². The second-order valence-corrected chi connectivity index (χ2v) is 18.2. The van der Waals surface area contributed by atoms with Crippen LogP contribution in [0.3, 0.4) is 0 Å². The van der Waals surface area contributed by atoms with Crippen molar-refractivity contribution in [1.29, 1.82) is 5.26 Å². The number of nitriles is 1. The zero-order chi connectivity index (χ0) is 41.9. The Balaban J connectivity index is 1.08. The first-order chi connectivity index (χ1) is 28.9. The normalized spacial score (nSPS) is 28.6.